The molecule has 118 valence electrons. The van der Waals surface area contributed by atoms with E-state index in [1.54, 1.807) is 14.1 Å². The van der Waals surface area contributed by atoms with Crippen molar-refractivity contribution in [2.75, 3.05) is 44.4 Å². The zero-order chi connectivity index (χ0) is 15.7. The quantitative estimate of drug-likeness (QED) is 0.634. The Morgan fingerprint density at radius 2 is 1.81 bits per heavy atom. The maximum absolute atomic E-state index is 11.4. The third-order valence-electron chi connectivity index (χ3n) is 2.72. The molecule has 0 atom stereocenters. The predicted molar refractivity (Wildman–Crippen MR) is 85.8 cm³/mol. The molecule has 0 aliphatic rings. The Labute approximate surface area is 126 Å². The Hall–Kier alpha value is -2.05. The standard InChI is InChI=1S/C14H26N6O/c1-5-7-11-18-12(15-6-2)10-13(19-11)16-8-9-17-14(21)20(3)4/h10H,5-9H2,1-4H3,(H,17,21)(H2,15,16,18,19). The zero-order valence-corrected chi connectivity index (χ0v) is 13.4. The van der Waals surface area contributed by atoms with Gasteiger partial charge in [-0.2, -0.15) is 0 Å². The van der Waals surface area contributed by atoms with E-state index in [2.05, 4.69) is 32.8 Å². The number of nitrogens with one attached hydrogen (secondary N) is 3. The van der Waals surface area contributed by atoms with Crippen molar-refractivity contribution in [2.45, 2.75) is 26.7 Å². The van der Waals surface area contributed by atoms with Gasteiger partial charge in [0.15, 0.2) is 0 Å². The average Bonchev–Trinajstić information content (AvgIpc) is 2.44. The topological polar surface area (TPSA) is 82.2 Å². The first-order valence-electron chi connectivity index (χ1n) is 7.37. The van der Waals surface area contributed by atoms with E-state index in [-0.39, 0.29) is 6.03 Å². The van der Waals surface area contributed by atoms with Crippen molar-refractivity contribution in [1.82, 2.24) is 20.2 Å². The van der Waals surface area contributed by atoms with Crippen molar-refractivity contribution in [2.24, 2.45) is 0 Å². The lowest BCUT2D eigenvalue weighted by Gasteiger charge is -2.13. The molecule has 3 N–H and O–H groups in total. The lowest BCUT2D eigenvalue weighted by Crippen LogP contribution is -2.37. The number of aryl methyl sites for hydroxylation is 1. The molecule has 0 bridgehead atoms. The minimum atomic E-state index is -0.0977. The minimum Gasteiger partial charge on any atom is -0.370 e. The molecular weight excluding hydrogens is 268 g/mol. The van der Waals surface area contributed by atoms with Crippen LogP contribution >= 0.6 is 0 Å². The van der Waals surface area contributed by atoms with Gasteiger partial charge < -0.3 is 20.9 Å². The number of urea groups is 1. The van der Waals surface area contributed by atoms with Crippen molar-refractivity contribution in [3.05, 3.63) is 11.9 Å². The molecule has 2 amide bonds. The van der Waals surface area contributed by atoms with E-state index in [0.29, 0.717) is 13.1 Å². The second-order valence-electron chi connectivity index (χ2n) is 4.89. The van der Waals surface area contributed by atoms with Crippen LogP contribution in [0, 0.1) is 0 Å². The van der Waals surface area contributed by atoms with Crippen molar-refractivity contribution in [3.63, 3.8) is 0 Å². The van der Waals surface area contributed by atoms with Crippen LogP contribution in [-0.4, -0.2) is 54.6 Å². The molecule has 0 spiro atoms. The summed E-state index contributed by atoms with van der Waals surface area (Å²) >= 11 is 0. The summed E-state index contributed by atoms with van der Waals surface area (Å²) in [5, 5.41) is 9.21. The highest BCUT2D eigenvalue weighted by molar-refractivity contribution is 5.73. The van der Waals surface area contributed by atoms with Gasteiger partial charge in [-0.25, -0.2) is 14.8 Å². The number of hydrogen-bond acceptors (Lipinski definition) is 5. The predicted octanol–water partition coefficient (Wildman–Crippen LogP) is 1.54. The summed E-state index contributed by atoms with van der Waals surface area (Å²) in [6.45, 7) is 6.12. The first kappa shape index (κ1) is 17.0. The van der Waals surface area contributed by atoms with E-state index in [4.69, 9.17) is 0 Å². The van der Waals surface area contributed by atoms with Gasteiger partial charge >= 0.3 is 6.03 Å². The summed E-state index contributed by atoms with van der Waals surface area (Å²) in [6.07, 6.45) is 1.86. The Bertz CT molecular complexity index is 425. The second-order valence-corrected chi connectivity index (χ2v) is 4.89. The van der Waals surface area contributed by atoms with Crippen LogP contribution in [-0.2, 0) is 6.42 Å². The van der Waals surface area contributed by atoms with Crippen LogP contribution < -0.4 is 16.0 Å². The monoisotopic (exact) mass is 294 g/mol. The summed E-state index contributed by atoms with van der Waals surface area (Å²) in [5.74, 6) is 2.44. The van der Waals surface area contributed by atoms with Crippen LogP contribution in [0.4, 0.5) is 16.4 Å². The van der Waals surface area contributed by atoms with Crippen molar-refractivity contribution < 1.29 is 4.79 Å². The van der Waals surface area contributed by atoms with E-state index in [1.807, 2.05) is 13.0 Å². The largest absolute Gasteiger partial charge is 0.370 e. The van der Waals surface area contributed by atoms with Gasteiger partial charge in [-0.15, -0.1) is 0 Å². The molecule has 7 heteroatoms. The van der Waals surface area contributed by atoms with Crippen molar-refractivity contribution in [1.29, 1.82) is 0 Å². The minimum absolute atomic E-state index is 0.0977. The Morgan fingerprint density at radius 3 is 2.38 bits per heavy atom. The Balaban J connectivity index is 2.54. The Kier molecular flexibility index (Phi) is 7.28. The van der Waals surface area contributed by atoms with E-state index < -0.39 is 0 Å². The molecule has 21 heavy (non-hydrogen) atoms. The fraction of sp³-hybridized carbons (Fsp3) is 0.643. The average molecular weight is 294 g/mol. The van der Waals surface area contributed by atoms with Crippen LogP contribution in [0.25, 0.3) is 0 Å². The van der Waals surface area contributed by atoms with Crippen LogP contribution in [0.2, 0.25) is 0 Å². The molecule has 7 nitrogen and oxygen atoms in total. The SMILES string of the molecule is CCCc1nc(NCC)cc(NCCNC(=O)N(C)C)n1. The maximum Gasteiger partial charge on any atom is 0.316 e. The number of anilines is 2. The zero-order valence-electron chi connectivity index (χ0n) is 13.4. The third kappa shape index (κ3) is 6.29. The first-order chi connectivity index (χ1) is 10.1. The molecule has 0 fully saturated rings. The van der Waals surface area contributed by atoms with Gasteiger partial charge in [0.25, 0.3) is 0 Å². The summed E-state index contributed by atoms with van der Waals surface area (Å²) in [7, 11) is 3.43. The van der Waals surface area contributed by atoms with E-state index in [1.165, 1.54) is 4.90 Å². The van der Waals surface area contributed by atoms with Gasteiger partial charge in [0.1, 0.15) is 17.5 Å². The van der Waals surface area contributed by atoms with Crippen molar-refractivity contribution in [3.8, 4) is 0 Å². The van der Waals surface area contributed by atoms with Crippen LogP contribution in [0.3, 0.4) is 0 Å². The van der Waals surface area contributed by atoms with Gasteiger partial charge in [-0.05, 0) is 13.3 Å². The van der Waals surface area contributed by atoms with Gasteiger partial charge in [0.2, 0.25) is 0 Å². The molecule has 0 radical (unpaired) electrons. The first-order valence-corrected chi connectivity index (χ1v) is 7.37. The normalized spacial score (nSPS) is 10.1. The van der Waals surface area contributed by atoms with Gasteiger partial charge in [-0.1, -0.05) is 6.92 Å². The molecule has 1 heterocycles. The molecule has 0 saturated carbocycles. The highest BCUT2D eigenvalue weighted by Crippen LogP contribution is 2.12. The third-order valence-corrected chi connectivity index (χ3v) is 2.72. The van der Waals surface area contributed by atoms with Crippen LogP contribution in [0.15, 0.2) is 6.07 Å². The second kappa shape index (κ2) is 8.99. The molecule has 0 aliphatic carbocycles. The molecule has 0 aromatic carbocycles. The number of nitrogens with zero attached hydrogens (tertiary/aromatic N) is 3. The summed E-state index contributed by atoms with van der Waals surface area (Å²) in [6, 6.07) is 1.79. The number of carbonyl (C=O) groups excluding carboxylic acids is 1. The number of rotatable bonds is 8. The summed E-state index contributed by atoms with van der Waals surface area (Å²) in [5.41, 5.74) is 0. The number of amides is 2. The number of aromatic nitrogens is 2. The highest BCUT2D eigenvalue weighted by Gasteiger charge is 2.04. The van der Waals surface area contributed by atoms with Gasteiger partial charge in [0, 0.05) is 46.2 Å². The van der Waals surface area contributed by atoms with Gasteiger partial charge in [0.05, 0.1) is 0 Å². The van der Waals surface area contributed by atoms with Gasteiger partial charge in [-0.3, -0.25) is 0 Å². The number of hydrogen-bond donors (Lipinski definition) is 3. The smallest absolute Gasteiger partial charge is 0.316 e. The highest BCUT2D eigenvalue weighted by atomic mass is 16.2. The van der Waals surface area contributed by atoms with E-state index in [9.17, 15) is 4.79 Å². The molecule has 0 saturated heterocycles. The lowest BCUT2D eigenvalue weighted by molar-refractivity contribution is 0.218. The molecule has 1 aromatic rings. The molecular formula is C14H26N6O. The van der Waals surface area contributed by atoms with Crippen LogP contribution in [0.1, 0.15) is 26.1 Å². The van der Waals surface area contributed by atoms with E-state index in [0.717, 1.165) is 36.8 Å². The maximum atomic E-state index is 11.4. The Morgan fingerprint density at radius 1 is 1.14 bits per heavy atom. The molecule has 0 aliphatic heterocycles. The molecule has 0 unspecified atom stereocenters. The van der Waals surface area contributed by atoms with Crippen LogP contribution in [0.5, 0.6) is 0 Å². The summed E-state index contributed by atoms with van der Waals surface area (Å²) < 4.78 is 0. The fourth-order valence-corrected chi connectivity index (χ4v) is 1.71. The number of carbonyl (C=O) groups is 1. The lowest BCUT2D eigenvalue weighted by atomic mass is 10.3. The fourth-order valence-electron chi connectivity index (χ4n) is 1.71. The molecule has 1 rings (SSSR count). The van der Waals surface area contributed by atoms with E-state index >= 15 is 0 Å². The summed E-state index contributed by atoms with van der Waals surface area (Å²) in [4.78, 5) is 21.8. The van der Waals surface area contributed by atoms with Crippen molar-refractivity contribution >= 4 is 17.7 Å². The molecule has 1 aromatic heterocycles.